The van der Waals surface area contributed by atoms with E-state index in [4.69, 9.17) is 29.0 Å². The Bertz CT molecular complexity index is 2730. The summed E-state index contributed by atoms with van der Waals surface area (Å²) >= 11 is 0. The Morgan fingerprint density at radius 3 is 1.57 bits per heavy atom. The minimum atomic E-state index is -1.16. The van der Waals surface area contributed by atoms with Crippen molar-refractivity contribution in [2.75, 3.05) is 26.2 Å². The molecule has 0 radical (unpaired) electrons. The van der Waals surface area contributed by atoms with Gasteiger partial charge in [0.05, 0.1) is 35.3 Å². The van der Waals surface area contributed by atoms with Crippen molar-refractivity contribution in [3.63, 3.8) is 0 Å². The number of carboxylic acid groups (broad SMARTS) is 1. The summed E-state index contributed by atoms with van der Waals surface area (Å²) in [6, 6.07) is 23.8. The lowest BCUT2D eigenvalue weighted by atomic mass is 9.43. The molecule has 6 N–H and O–H groups in total. The number of aliphatic carboxylic acids is 1. The third-order valence-corrected chi connectivity index (χ3v) is 19.8. The monoisotopic (exact) mass is 1140 g/mol. The summed E-state index contributed by atoms with van der Waals surface area (Å²) in [4.78, 5) is 51.3. The van der Waals surface area contributed by atoms with Crippen LogP contribution in [0.2, 0.25) is 0 Å². The molecule has 2 aromatic rings. The first-order valence-electron chi connectivity index (χ1n) is 30.8. The highest BCUT2D eigenvalue weighted by Gasteiger charge is 2.70. The minimum Gasteiger partial charge on any atom is -0.477 e. The van der Waals surface area contributed by atoms with Gasteiger partial charge in [0.2, 0.25) is 0 Å². The highest BCUT2D eigenvalue weighted by molar-refractivity contribution is 6.48. The zero-order valence-corrected chi connectivity index (χ0v) is 50.9. The molecule has 5 amide bonds. The topological polar surface area (TPSA) is 236 Å². The molecule has 6 saturated carbocycles. The average molecular weight is 1140 g/mol. The van der Waals surface area contributed by atoms with Crippen LogP contribution in [0.1, 0.15) is 145 Å². The van der Waals surface area contributed by atoms with E-state index in [2.05, 4.69) is 98.5 Å². The maximum atomic E-state index is 13.3. The smallest absolute Gasteiger partial charge is 0.477 e. The molecule has 0 spiro atoms. The van der Waals surface area contributed by atoms with Crippen molar-refractivity contribution in [1.82, 2.24) is 31.5 Å². The van der Waals surface area contributed by atoms with Crippen LogP contribution < -0.4 is 26.6 Å². The minimum absolute atomic E-state index is 0.0300. The number of carbonyl (C=O) groups is 4. The second-order valence-corrected chi connectivity index (χ2v) is 26.9. The van der Waals surface area contributed by atoms with E-state index in [1.807, 2.05) is 64.1 Å². The van der Waals surface area contributed by atoms with E-state index in [0.29, 0.717) is 67.6 Å². The molecule has 4 heterocycles. The number of nitriles is 2. The van der Waals surface area contributed by atoms with Gasteiger partial charge in [-0.15, -0.1) is 0 Å². The van der Waals surface area contributed by atoms with Crippen molar-refractivity contribution in [1.29, 1.82) is 10.5 Å². The van der Waals surface area contributed by atoms with Gasteiger partial charge in [-0.3, -0.25) is 4.79 Å². The van der Waals surface area contributed by atoms with E-state index in [-0.39, 0.29) is 87.7 Å². The molecule has 4 bridgehead atoms. The molecule has 10 fully saturated rings. The first-order valence-corrected chi connectivity index (χ1v) is 30.8. The van der Waals surface area contributed by atoms with Gasteiger partial charge in [0.15, 0.2) is 0 Å². The predicted molar refractivity (Wildman–Crippen MR) is 321 cm³/mol. The lowest BCUT2D eigenvalue weighted by Gasteiger charge is -2.64. The molecule has 17 nitrogen and oxygen atoms in total. The van der Waals surface area contributed by atoms with Crippen LogP contribution >= 0.6 is 0 Å². The van der Waals surface area contributed by atoms with Crippen LogP contribution in [0, 0.1) is 69.0 Å². The van der Waals surface area contributed by atoms with E-state index in [1.54, 1.807) is 17.0 Å². The molecule has 4 saturated heterocycles. The number of hydrogen-bond acceptors (Lipinski definition) is 11. The number of carboxylic acids is 1. The van der Waals surface area contributed by atoms with E-state index >= 15 is 0 Å². The Labute approximate surface area is 494 Å². The maximum Gasteiger partial charge on any atom is 0.482 e. The van der Waals surface area contributed by atoms with Crippen LogP contribution in [0.15, 0.2) is 84.0 Å². The van der Waals surface area contributed by atoms with Crippen LogP contribution in [-0.2, 0) is 41.0 Å². The Hall–Kier alpha value is -5.69. The van der Waals surface area contributed by atoms with Crippen molar-refractivity contribution >= 4 is 38.2 Å². The zero-order chi connectivity index (χ0) is 59.9. The van der Waals surface area contributed by atoms with E-state index in [0.717, 1.165) is 50.6 Å². The van der Waals surface area contributed by atoms with Gasteiger partial charge in [-0.2, -0.15) is 10.5 Å². The molecule has 448 valence electrons. The SMILES string of the molecule is CC(C)C=C(C#N)C(=O)N1CCCC[C@@H]1CNC(=O)N[C@@H](Cc1ccccc1)B1O[C@@H]2C[C@@H]3C[C@@H](C3(C)C)[C@]2(C)O1.CC(C)C=C(C#N)C(=O)O.CC1(C)[C@@H]2C[C@H]3OB([C@H](Cc4ccccc4)NC(=O)NC[C@H]4CCCCN4)O[C@@]3(C)[C@H]1C2. The van der Waals surface area contributed by atoms with Crippen molar-refractivity contribution < 1.29 is 42.9 Å². The van der Waals surface area contributed by atoms with Crippen molar-refractivity contribution in [2.45, 2.75) is 194 Å². The van der Waals surface area contributed by atoms with Crippen molar-refractivity contribution in [3.05, 3.63) is 95.1 Å². The first kappa shape index (κ1) is 63.3. The summed E-state index contributed by atoms with van der Waals surface area (Å²) in [5, 5.41) is 42.1. The number of urea groups is 2. The summed E-state index contributed by atoms with van der Waals surface area (Å²) in [5.74, 6) is 0.491. The second-order valence-electron chi connectivity index (χ2n) is 26.9. The summed E-state index contributed by atoms with van der Waals surface area (Å²) in [6.07, 6.45) is 15.2. The van der Waals surface area contributed by atoms with Crippen LogP contribution in [0.3, 0.4) is 0 Å². The van der Waals surface area contributed by atoms with Crippen molar-refractivity contribution in [3.8, 4) is 12.1 Å². The molecular weight excluding hydrogens is 1050 g/mol. The predicted octanol–water partition coefficient (Wildman–Crippen LogP) is 9.13. The van der Waals surface area contributed by atoms with Crippen LogP contribution in [0.5, 0.6) is 0 Å². The van der Waals surface area contributed by atoms with E-state index in [9.17, 15) is 24.4 Å². The zero-order valence-electron chi connectivity index (χ0n) is 50.9. The number of piperidine rings is 2. The second kappa shape index (κ2) is 27.1. The standard InChI is InChI=1S/C32H45BN4O4.C25H38BN3O3.C7H9NO2/c1-21(2)15-23(19-34)29(38)37-14-10-9-13-25(37)20-35-30(39)36-28(16-22-11-7-6-8-12-22)33-40-27-18-24-17-26(31(24,3)4)32(27,5)41-33;1-24(2)18-14-20(24)25(3)21(15-18)31-26(32-25)22(13-17-9-5-4-6-10-17)29-23(30)28-16-19-11-7-8-12-27-19;1-5(2)3-6(4-8)7(9)10/h6-8,11-12,15,21,24-28H,9-10,13-14,16-18,20H2,1-5H3,(H2,35,36,39);4-6,9-10,18-22,27H,7-8,11-16H2,1-3H3,(H2,28,29,30);3,5H,1-2H3,(H,9,10)/t24-,25+,26-,27+,28-,32-;18-,19+,20-,21+,22-,25-;/m00./s1. The fourth-order valence-corrected chi connectivity index (χ4v) is 14.9. The van der Waals surface area contributed by atoms with Gasteiger partial charge in [-0.05, 0) is 148 Å². The molecule has 6 aliphatic carbocycles. The molecule has 12 atom stereocenters. The fourth-order valence-electron chi connectivity index (χ4n) is 14.9. The van der Waals surface area contributed by atoms with E-state index in [1.165, 1.54) is 37.3 Å². The maximum absolute atomic E-state index is 13.3. The van der Waals surface area contributed by atoms with Gasteiger partial charge in [0, 0.05) is 31.7 Å². The van der Waals surface area contributed by atoms with Gasteiger partial charge in [-0.25, -0.2) is 14.4 Å². The largest absolute Gasteiger partial charge is 0.482 e. The number of carbonyl (C=O) groups excluding carboxylic acids is 3. The summed E-state index contributed by atoms with van der Waals surface area (Å²) in [7, 11) is -0.975. The molecule has 0 unspecified atom stereocenters. The first-order chi connectivity index (χ1) is 39.5. The number of allylic oxidation sites excluding steroid dienone is 2. The summed E-state index contributed by atoms with van der Waals surface area (Å²) in [6.45, 7) is 24.0. The fraction of sp³-hybridized carbons (Fsp3) is 0.656. The van der Waals surface area contributed by atoms with Gasteiger partial charge in [-0.1, -0.05) is 135 Å². The number of benzene rings is 2. The average Bonchev–Trinajstić information content (AvgIpc) is 2.03. The third kappa shape index (κ3) is 14.7. The van der Waals surface area contributed by atoms with Crippen LogP contribution in [0.25, 0.3) is 0 Å². The number of amides is 5. The molecule has 2 aromatic carbocycles. The highest BCUT2D eigenvalue weighted by Crippen LogP contribution is 2.67. The molecular formula is C64H92B2N8O9. The Morgan fingerprint density at radius 2 is 1.14 bits per heavy atom. The summed E-state index contributed by atoms with van der Waals surface area (Å²) < 4.78 is 26.5. The number of hydrogen-bond donors (Lipinski definition) is 6. The van der Waals surface area contributed by atoms with Gasteiger partial charge in [0.1, 0.15) is 23.3 Å². The molecule has 83 heavy (non-hydrogen) atoms. The highest BCUT2D eigenvalue weighted by atomic mass is 16.7. The number of rotatable bonds is 16. The summed E-state index contributed by atoms with van der Waals surface area (Å²) in [5.41, 5.74) is 2.16. The Morgan fingerprint density at radius 1 is 0.675 bits per heavy atom. The quantitative estimate of drug-likeness (QED) is 0.0525. The third-order valence-electron chi connectivity index (χ3n) is 19.8. The lowest BCUT2D eigenvalue weighted by Crippen LogP contribution is -2.65. The Kier molecular flexibility index (Phi) is 20.7. The normalized spacial score (nSPS) is 30.6. The molecule has 4 aliphatic heterocycles. The van der Waals surface area contributed by atoms with Gasteiger partial charge < -0.3 is 55.2 Å². The molecule has 10 aliphatic rings. The van der Waals surface area contributed by atoms with Crippen LogP contribution in [-0.4, -0.2) is 122 Å². The van der Waals surface area contributed by atoms with Crippen molar-refractivity contribution in [2.24, 2.45) is 46.3 Å². The van der Waals surface area contributed by atoms with Crippen LogP contribution in [0.4, 0.5) is 9.59 Å². The molecule has 12 rings (SSSR count). The number of likely N-dealkylation sites (tertiary alicyclic amines) is 1. The molecule has 19 heteroatoms. The Balaban J connectivity index is 0.000000190. The number of nitrogens with one attached hydrogen (secondary N) is 5. The van der Waals surface area contributed by atoms with Gasteiger partial charge >= 0.3 is 32.3 Å². The van der Waals surface area contributed by atoms with Gasteiger partial charge in [0.25, 0.3) is 5.91 Å². The molecule has 0 aromatic heterocycles. The van der Waals surface area contributed by atoms with E-state index < -0.39 is 20.2 Å². The lowest BCUT2D eigenvalue weighted by molar-refractivity contribution is -0.199. The number of nitrogens with zero attached hydrogens (tertiary/aromatic N) is 3.